The van der Waals surface area contributed by atoms with E-state index in [-0.39, 0.29) is 5.91 Å². The molecule has 0 unspecified atom stereocenters. The van der Waals surface area contributed by atoms with E-state index in [0.29, 0.717) is 17.9 Å². The molecule has 0 aliphatic carbocycles. The number of anilines is 1. The van der Waals surface area contributed by atoms with Crippen molar-refractivity contribution in [1.29, 1.82) is 0 Å². The van der Waals surface area contributed by atoms with Gasteiger partial charge in [-0.1, -0.05) is 6.07 Å². The summed E-state index contributed by atoms with van der Waals surface area (Å²) in [6.45, 7) is 0.351. The molecule has 6 nitrogen and oxygen atoms in total. The second-order valence-corrected chi connectivity index (χ2v) is 4.27. The van der Waals surface area contributed by atoms with Crippen LogP contribution in [-0.2, 0) is 6.54 Å². The van der Waals surface area contributed by atoms with Crippen molar-refractivity contribution in [2.24, 2.45) is 0 Å². The van der Waals surface area contributed by atoms with Crippen LogP contribution in [0.4, 0.5) is 5.82 Å². The van der Waals surface area contributed by atoms with Crippen molar-refractivity contribution in [3.8, 4) is 0 Å². The Morgan fingerprint density at radius 3 is 3.05 bits per heavy atom. The third-order valence-electron chi connectivity index (χ3n) is 3.01. The predicted molar refractivity (Wildman–Crippen MR) is 72.5 cm³/mol. The van der Waals surface area contributed by atoms with Gasteiger partial charge >= 0.3 is 0 Å². The normalized spacial score (nSPS) is 10.7. The molecule has 5 N–H and O–H groups in total. The number of hydrogen-bond acceptors (Lipinski definition) is 3. The Bertz CT molecular complexity index is 727. The van der Waals surface area contributed by atoms with Gasteiger partial charge in [0.1, 0.15) is 5.82 Å². The summed E-state index contributed by atoms with van der Waals surface area (Å²) < 4.78 is 0. The Morgan fingerprint density at radius 2 is 2.26 bits per heavy atom. The zero-order valence-corrected chi connectivity index (χ0v) is 10.1. The van der Waals surface area contributed by atoms with Crippen molar-refractivity contribution in [3.63, 3.8) is 0 Å². The van der Waals surface area contributed by atoms with E-state index in [0.717, 1.165) is 16.5 Å². The largest absolute Gasteiger partial charge is 0.384 e. The van der Waals surface area contributed by atoms with Crippen molar-refractivity contribution in [2.75, 3.05) is 5.73 Å². The van der Waals surface area contributed by atoms with Crippen LogP contribution in [0, 0.1) is 0 Å². The molecule has 0 radical (unpaired) electrons. The minimum atomic E-state index is -0.142. The Kier molecular flexibility index (Phi) is 2.68. The molecule has 2 heterocycles. The highest BCUT2D eigenvalue weighted by Gasteiger charge is 2.08. The highest BCUT2D eigenvalue weighted by molar-refractivity contribution is 5.97. The van der Waals surface area contributed by atoms with Gasteiger partial charge in [-0.15, -0.1) is 0 Å². The van der Waals surface area contributed by atoms with Crippen LogP contribution in [0.3, 0.4) is 0 Å². The van der Waals surface area contributed by atoms with Gasteiger partial charge in [0, 0.05) is 29.4 Å². The van der Waals surface area contributed by atoms with Crippen LogP contribution in [0.15, 0.2) is 36.7 Å². The van der Waals surface area contributed by atoms with E-state index in [4.69, 9.17) is 5.73 Å². The zero-order chi connectivity index (χ0) is 13.2. The van der Waals surface area contributed by atoms with Crippen molar-refractivity contribution in [1.82, 2.24) is 20.5 Å². The number of rotatable bonds is 3. The molecule has 96 valence electrons. The van der Waals surface area contributed by atoms with Gasteiger partial charge in [-0.3, -0.25) is 9.89 Å². The number of aromatic nitrogens is 3. The highest BCUT2D eigenvalue weighted by atomic mass is 16.1. The maximum atomic E-state index is 12.0. The fourth-order valence-electron chi connectivity index (χ4n) is 1.93. The summed E-state index contributed by atoms with van der Waals surface area (Å²) >= 11 is 0. The number of fused-ring (bicyclic) bond motifs is 1. The fourth-order valence-corrected chi connectivity index (χ4v) is 1.93. The number of amides is 1. The second-order valence-electron chi connectivity index (χ2n) is 4.27. The van der Waals surface area contributed by atoms with Crippen LogP contribution in [0.25, 0.3) is 10.9 Å². The number of nitrogen functional groups attached to an aromatic ring is 1. The van der Waals surface area contributed by atoms with Gasteiger partial charge in [0.15, 0.2) is 0 Å². The number of nitrogens with zero attached hydrogens (tertiary/aromatic N) is 1. The molecule has 0 saturated carbocycles. The van der Waals surface area contributed by atoms with Gasteiger partial charge < -0.3 is 16.0 Å². The van der Waals surface area contributed by atoms with Crippen LogP contribution >= 0.6 is 0 Å². The Labute approximate surface area is 109 Å². The molecule has 3 aromatic rings. The Morgan fingerprint density at radius 1 is 1.37 bits per heavy atom. The third kappa shape index (κ3) is 2.15. The molecule has 0 saturated heterocycles. The van der Waals surface area contributed by atoms with E-state index < -0.39 is 0 Å². The minimum Gasteiger partial charge on any atom is -0.384 e. The van der Waals surface area contributed by atoms with Gasteiger partial charge in [-0.25, -0.2) is 0 Å². The number of nitrogens with one attached hydrogen (secondary N) is 3. The molecule has 0 spiro atoms. The van der Waals surface area contributed by atoms with E-state index in [1.165, 1.54) is 0 Å². The van der Waals surface area contributed by atoms with Crippen molar-refractivity contribution < 1.29 is 4.79 Å². The number of hydrogen-bond donors (Lipinski definition) is 4. The summed E-state index contributed by atoms with van der Waals surface area (Å²) in [7, 11) is 0. The summed E-state index contributed by atoms with van der Waals surface area (Å²) in [5.41, 5.74) is 7.97. The number of carbonyl (C=O) groups excluding carboxylic acids is 1. The standard InChI is InChI=1S/C13H13N5O/c14-12-10(7-17-18-12)6-16-13(19)9-2-1-8-3-4-15-11(8)5-9/h1-5,7,15H,6H2,(H,16,19)(H3,14,17,18). The average Bonchev–Trinajstić information content (AvgIpc) is 3.03. The SMILES string of the molecule is Nc1[nH]ncc1CNC(=O)c1ccc2cc[nH]c2c1. The van der Waals surface area contributed by atoms with Gasteiger partial charge in [0.25, 0.3) is 5.91 Å². The average molecular weight is 255 g/mol. The lowest BCUT2D eigenvalue weighted by Crippen LogP contribution is -2.22. The molecular weight excluding hydrogens is 242 g/mol. The van der Waals surface area contributed by atoms with E-state index in [1.54, 1.807) is 12.3 Å². The number of aromatic amines is 2. The summed E-state index contributed by atoms with van der Waals surface area (Å²) in [6.07, 6.45) is 3.45. The van der Waals surface area contributed by atoms with Gasteiger partial charge in [0.2, 0.25) is 0 Å². The van der Waals surface area contributed by atoms with Gasteiger partial charge in [-0.05, 0) is 23.6 Å². The molecule has 0 aliphatic rings. The summed E-state index contributed by atoms with van der Waals surface area (Å²) in [5, 5.41) is 10.3. The molecule has 19 heavy (non-hydrogen) atoms. The Hall–Kier alpha value is -2.76. The number of carbonyl (C=O) groups is 1. The quantitative estimate of drug-likeness (QED) is 0.569. The molecule has 0 atom stereocenters. The predicted octanol–water partition coefficient (Wildman–Crippen LogP) is 1.40. The van der Waals surface area contributed by atoms with Crippen molar-refractivity contribution >= 4 is 22.6 Å². The first-order valence-corrected chi connectivity index (χ1v) is 5.87. The highest BCUT2D eigenvalue weighted by Crippen LogP contribution is 2.14. The molecular formula is C13H13N5O. The molecule has 1 amide bonds. The first-order valence-electron chi connectivity index (χ1n) is 5.87. The van der Waals surface area contributed by atoms with E-state index in [9.17, 15) is 4.79 Å². The number of H-pyrrole nitrogens is 2. The van der Waals surface area contributed by atoms with E-state index in [1.807, 2.05) is 24.4 Å². The second kappa shape index (κ2) is 4.49. The molecule has 0 fully saturated rings. The first kappa shape index (κ1) is 11.3. The van der Waals surface area contributed by atoms with Gasteiger partial charge in [0.05, 0.1) is 6.20 Å². The van der Waals surface area contributed by atoms with E-state index >= 15 is 0 Å². The van der Waals surface area contributed by atoms with Crippen molar-refractivity contribution in [2.45, 2.75) is 6.54 Å². The van der Waals surface area contributed by atoms with Crippen LogP contribution < -0.4 is 11.1 Å². The summed E-state index contributed by atoms with van der Waals surface area (Å²) in [6, 6.07) is 7.49. The van der Waals surface area contributed by atoms with Crippen LogP contribution in [0.1, 0.15) is 15.9 Å². The maximum absolute atomic E-state index is 12.0. The summed E-state index contributed by atoms with van der Waals surface area (Å²) in [5.74, 6) is 0.331. The topological polar surface area (TPSA) is 99.6 Å². The molecule has 3 rings (SSSR count). The maximum Gasteiger partial charge on any atom is 0.251 e. The number of nitrogens with two attached hydrogens (primary N) is 1. The molecule has 6 heteroatoms. The first-order chi connectivity index (χ1) is 9.24. The zero-order valence-electron chi connectivity index (χ0n) is 10.1. The molecule has 2 aromatic heterocycles. The lowest BCUT2D eigenvalue weighted by Gasteiger charge is -2.04. The molecule has 0 bridgehead atoms. The number of benzene rings is 1. The molecule has 0 aliphatic heterocycles. The van der Waals surface area contributed by atoms with Crippen LogP contribution in [0.5, 0.6) is 0 Å². The molecule has 1 aromatic carbocycles. The fraction of sp³-hybridized carbons (Fsp3) is 0.0769. The van der Waals surface area contributed by atoms with Crippen LogP contribution in [-0.4, -0.2) is 21.1 Å². The smallest absolute Gasteiger partial charge is 0.251 e. The van der Waals surface area contributed by atoms with Crippen LogP contribution in [0.2, 0.25) is 0 Å². The minimum absolute atomic E-state index is 0.142. The van der Waals surface area contributed by atoms with E-state index in [2.05, 4.69) is 20.5 Å². The lowest BCUT2D eigenvalue weighted by molar-refractivity contribution is 0.0951. The van der Waals surface area contributed by atoms with Gasteiger partial charge in [-0.2, -0.15) is 5.10 Å². The van der Waals surface area contributed by atoms with Crippen molar-refractivity contribution in [3.05, 3.63) is 47.8 Å². The Balaban J connectivity index is 1.74. The third-order valence-corrected chi connectivity index (χ3v) is 3.01. The summed E-state index contributed by atoms with van der Waals surface area (Å²) in [4.78, 5) is 15.1. The monoisotopic (exact) mass is 255 g/mol. The lowest BCUT2D eigenvalue weighted by atomic mass is 10.1.